The summed E-state index contributed by atoms with van der Waals surface area (Å²) in [6.07, 6.45) is 1.97. The molecule has 0 fully saturated rings. The van der Waals surface area contributed by atoms with E-state index in [1.807, 2.05) is 20.0 Å². The molecule has 0 saturated carbocycles. The SMILES string of the molecule is CCC(CC)NC(=O)C(C)Sc1cccc(CNC)c1. The van der Waals surface area contributed by atoms with E-state index in [9.17, 15) is 4.79 Å². The molecule has 1 unspecified atom stereocenters. The van der Waals surface area contributed by atoms with Crippen LogP contribution in [0.15, 0.2) is 29.2 Å². The van der Waals surface area contributed by atoms with E-state index < -0.39 is 0 Å². The van der Waals surface area contributed by atoms with Crippen LogP contribution >= 0.6 is 11.8 Å². The van der Waals surface area contributed by atoms with E-state index in [1.54, 1.807) is 11.8 Å². The summed E-state index contributed by atoms with van der Waals surface area (Å²) in [5.41, 5.74) is 1.24. The van der Waals surface area contributed by atoms with Gasteiger partial charge in [0.25, 0.3) is 0 Å². The summed E-state index contributed by atoms with van der Waals surface area (Å²) in [4.78, 5) is 13.3. The molecule has 1 rings (SSSR count). The third kappa shape index (κ3) is 5.55. The van der Waals surface area contributed by atoms with Gasteiger partial charge >= 0.3 is 0 Å². The number of thioether (sulfide) groups is 1. The molecule has 0 radical (unpaired) electrons. The zero-order chi connectivity index (χ0) is 15.0. The summed E-state index contributed by atoms with van der Waals surface area (Å²) < 4.78 is 0. The molecule has 0 aromatic heterocycles. The topological polar surface area (TPSA) is 41.1 Å². The first-order valence-corrected chi connectivity index (χ1v) is 8.19. The van der Waals surface area contributed by atoms with Crippen molar-refractivity contribution in [1.82, 2.24) is 10.6 Å². The van der Waals surface area contributed by atoms with E-state index in [0.717, 1.165) is 24.3 Å². The molecule has 0 spiro atoms. The van der Waals surface area contributed by atoms with E-state index in [-0.39, 0.29) is 11.2 Å². The highest BCUT2D eigenvalue weighted by Crippen LogP contribution is 2.24. The minimum Gasteiger partial charge on any atom is -0.352 e. The molecule has 112 valence electrons. The highest BCUT2D eigenvalue weighted by molar-refractivity contribution is 8.00. The fraction of sp³-hybridized carbons (Fsp3) is 0.562. The second-order valence-corrected chi connectivity index (χ2v) is 6.37. The second-order valence-electron chi connectivity index (χ2n) is 4.96. The third-order valence-electron chi connectivity index (χ3n) is 3.29. The van der Waals surface area contributed by atoms with Crippen LogP contribution in [0.25, 0.3) is 0 Å². The van der Waals surface area contributed by atoms with Crippen LogP contribution in [0.2, 0.25) is 0 Å². The number of hydrogen-bond donors (Lipinski definition) is 2. The van der Waals surface area contributed by atoms with Gasteiger partial charge in [-0.1, -0.05) is 26.0 Å². The Labute approximate surface area is 126 Å². The van der Waals surface area contributed by atoms with Crippen LogP contribution in [0.1, 0.15) is 39.2 Å². The fourth-order valence-electron chi connectivity index (χ4n) is 2.00. The normalized spacial score (nSPS) is 12.4. The van der Waals surface area contributed by atoms with Crippen LogP contribution in [-0.4, -0.2) is 24.2 Å². The number of rotatable bonds is 8. The monoisotopic (exact) mass is 294 g/mol. The lowest BCUT2D eigenvalue weighted by molar-refractivity contribution is -0.121. The summed E-state index contributed by atoms with van der Waals surface area (Å²) in [7, 11) is 1.94. The van der Waals surface area contributed by atoms with Crippen LogP contribution in [0.4, 0.5) is 0 Å². The van der Waals surface area contributed by atoms with Crippen LogP contribution in [0, 0.1) is 0 Å². The van der Waals surface area contributed by atoms with E-state index in [2.05, 4.69) is 42.7 Å². The number of carbonyl (C=O) groups is 1. The van der Waals surface area contributed by atoms with Gasteiger partial charge in [-0.3, -0.25) is 4.79 Å². The Morgan fingerprint density at radius 2 is 2.00 bits per heavy atom. The van der Waals surface area contributed by atoms with Crippen molar-refractivity contribution in [3.8, 4) is 0 Å². The average Bonchev–Trinajstić information content (AvgIpc) is 2.45. The predicted molar refractivity (Wildman–Crippen MR) is 87.0 cm³/mol. The van der Waals surface area contributed by atoms with E-state index in [0.29, 0.717) is 6.04 Å². The lowest BCUT2D eigenvalue weighted by Gasteiger charge is -2.18. The first-order valence-electron chi connectivity index (χ1n) is 7.31. The maximum Gasteiger partial charge on any atom is 0.233 e. The molecule has 0 bridgehead atoms. The Morgan fingerprint density at radius 3 is 2.60 bits per heavy atom. The lowest BCUT2D eigenvalue weighted by Crippen LogP contribution is -2.38. The fourth-order valence-corrected chi connectivity index (χ4v) is 2.96. The van der Waals surface area contributed by atoms with Crippen molar-refractivity contribution in [3.05, 3.63) is 29.8 Å². The number of hydrogen-bond acceptors (Lipinski definition) is 3. The van der Waals surface area contributed by atoms with Gasteiger partial charge in [-0.05, 0) is 44.5 Å². The number of benzene rings is 1. The molecule has 4 heteroatoms. The van der Waals surface area contributed by atoms with Crippen LogP contribution in [0.3, 0.4) is 0 Å². The van der Waals surface area contributed by atoms with Gasteiger partial charge in [0.05, 0.1) is 5.25 Å². The molecule has 1 aromatic rings. The largest absolute Gasteiger partial charge is 0.352 e. The molecule has 0 aliphatic rings. The van der Waals surface area contributed by atoms with E-state index >= 15 is 0 Å². The standard InChI is InChI=1S/C16H26N2OS/c1-5-14(6-2)18-16(19)12(3)20-15-9-7-8-13(10-15)11-17-4/h7-10,12,14,17H,5-6,11H2,1-4H3,(H,18,19). The summed E-state index contributed by atoms with van der Waals surface area (Å²) >= 11 is 1.61. The number of nitrogens with one attached hydrogen (secondary N) is 2. The lowest BCUT2D eigenvalue weighted by atomic mass is 10.2. The molecule has 1 aromatic carbocycles. The average molecular weight is 294 g/mol. The molecule has 0 aliphatic carbocycles. The van der Waals surface area contributed by atoms with Gasteiger partial charge < -0.3 is 10.6 Å². The zero-order valence-corrected chi connectivity index (χ0v) is 13.7. The molecule has 0 aliphatic heterocycles. The third-order valence-corrected chi connectivity index (χ3v) is 4.39. The minimum absolute atomic E-state index is 0.0690. The zero-order valence-electron chi connectivity index (χ0n) is 12.9. The molecular formula is C16H26N2OS. The van der Waals surface area contributed by atoms with E-state index in [4.69, 9.17) is 0 Å². The molecule has 20 heavy (non-hydrogen) atoms. The highest BCUT2D eigenvalue weighted by atomic mass is 32.2. The van der Waals surface area contributed by atoms with Gasteiger partial charge in [0.15, 0.2) is 0 Å². The predicted octanol–water partition coefficient (Wildman–Crippen LogP) is 3.19. The minimum atomic E-state index is -0.0690. The Hall–Kier alpha value is -1.00. The Balaban J connectivity index is 2.58. The quantitative estimate of drug-likeness (QED) is 0.724. The van der Waals surface area contributed by atoms with Gasteiger partial charge in [-0.25, -0.2) is 0 Å². The molecule has 1 atom stereocenters. The van der Waals surface area contributed by atoms with Crippen molar-refractivity contribution in [3.63, 3.8) is 0 Å². The summed E-state index contributed by atoms with van der Waals surface area (Å²) in [6, 6.07) is 8.63. The van der Waals surface area contributed by atoms with Gasteiger partial charge in [-0.15, -0.1) is 11.8 Å². The van der Waals surface area contributed by atoms with Crippen LogP contribution in [-0.2, 0) is 11.3 Å². The first kappa shape index (κ1) is 17.1. The van der Waals surface area contributed by atoms with Gasteiger partial charge in [0.2, 0.25) is 5.91 Å². The molecule has 2 N–H and O–H groups in total. The number of carbonyl (C=O) groups excluding carboxylic acids is 1. The second kappa shape index (κ2) is 9.03. The van der Waals surface area contributed by atoms with Crippen molar-refractivity contribution in [1.29, 1.82) is 0 Å². The summed E-state index contributed by atoms with van der Waals surface area (Å²) in [5, 5.41) is 6.18. The summed E-state index contributed by atoms with van der Waals surface area (Å²) in [5.74, 6) is 0.128. The Bertz CT molecular complexity index is 419. The molecule has 0 saturated heterocycles. The van der Waals surface area contributed by atoms with Gasteiger partial charge in [-0.2, -0.15) is 0 Å². The Morgan fingerprint density at radius 1 is 1.30 bits per heavy atom. The molecular weight excluding hydrogens is 268 g/mol. The first-order chi connectivity index (χ1) is 9.60. The van der Waals surface area contributed by atoms with Crippen molar-refractivity contribution in [2.45, 2.75) is 56.3 Å². The van der Waals surface area contributed by atoms with Crippen LogP contribution in [0.5, 0.6) is 0 Å². The maximum atomic E-state index is 12.1. The maximum absolute atomic E-state index is 12.1. The van der Waals surface area contributed by atoms with Crippen molar-refractivity contribution in [2.75, 3.05) is 7.05 Å². The molecule has 1 amide bonds. The molecule has 3 nitrogen and oxygen atoms in total. The van der Waals surface area contributed by atoms with Gasteiger partial charge in [0, 0.05) is 17.5 Å². The van der Waals surface area contributed by atoms with Crippen molar-refractivity contribution >= 4 is 17.7 Å². The van der Waals surface area contributed by atoms with E-state index in [1.165, 1.54) is 5.56 Å². The van der Waals surface area contributed by atoms with Crippen molar-refractivity contribution < 1.29 is 4.79 Å². The highest BCUT2D eigenvalue weighted by Gasteiger charge is 2.16. The smallest absolute Gasteiger partial charge is 0.233 e. The van der Waals surface area contributed by atoms with Crippen LogP contribution < -0.4 is 10.6 Å². The van der Waals surface area contributed by atoms with Gasteiger partial charge in [0.1, 0.15) is 0 Å². The molecule has 0 heterocycles. The Kier molecular flexibility index (Phi) is 7.70. The van der Waals surface area contributed by atoms with Crippen molar-refractivity contribution in [2.24, 2.45) is 0 Å². The summed E-state index contributed by atoms with van der Waals surface area (Å²) in [6.45, 7) is 7.02. The number of amides is 1.